The van der Waals surface area contributed by atoms with Crippen molar-refractivity contribution in [2.75, 3.05) is 23.9 Å². The molecule has 2 heterocycles. The Kier molecular flexibility index (Phi) is 6.08. The Labute approximate surface area is 184 Å². The quantitative estimate of drug-likeness (QED) is 0.590. The number of nitrogens with one attached hydrogen (secondary N) is 1. The Morgan fingerprint density at radius 1 is 1.16 bits per heavy atom. The van der Waals surface area contributed by atoms with Crippen LogP contribution >= 0.6 is 11.3 Å². The fourth-order valence-electron chi connectivity index (χ4n) is 3.40. The number of hydrogen-bond donors (Lipinski definition) is 1. The van der Waals surface area contributed by atoms with Gasteiger partial charge in [0.2, 0.25) is 11.0 Å². The first-order valence-electron chi connectivity index (χ1n) is 9.86. The summed E-state index contributed by atoms with van der Waals surface area (Å²) >= 11 is 1.31. The predicted molar refractivity (Wildman–Crippen MR) is 121 cm³/mol. The van der Waals surface area contributed by atoms with Gasteiger partial charge in [0, 0.05) is 30.1 Å². The van der Waals surface area contributed by atoms with Gasteiger partial charge in [-0.2, -0.15) is 0 Å². The number of carbonyl (C=O) groups excluding carboxylic acids is 2. The lowest BCUT2D eigenvalue weighted by atomic mass is 10.1. The summed E-state index contributed by atoms with van der Waals surface area (Å²) < 4.78 is 5.17. The van der Waals surface area contributed by atoms with E-state index in [9.17, 15) is 9.59 Å². The van der Waals surface area contributed by atoms with Crippen LogP contribution in [0.2, 0.25) is 0 Å². The van der Waals surface area contributed by atoms with Crippen LogP contribution in [0.5, 0.6) is 5.75 Å². The Bertz CT molecular complexity index is 1110. The van der Waals surface area contributed by atoms with Gasteiger partial charge in [-0.3, -0.25) is 14.9 Å². The molecule has 1 saturated heterocycles. The number of nitrogens with zero attached hydrogens (tertiary/aromatic N) is 3. The minimum Gasteiger partial charge on any atom is -0.497 e. The van der Waals surface area contributed by atoms with Gasteiger partial charge in [-0.25, -0.2) is 0 Å². The lowest BCUT2D eigenvalue weighted by Gasteiger charge is -2.16. The highest BCUT2D eigenvalue weighted by atomic mass is 32.1. The Hall–Kier alpha value is -3.52. The van der Waals surface area contributed by atoms with Crippen molar-refractivity contribution in [3.63, 3.8) is 0 Å². The molecule has 2 aromatic carbocycles. The van der Waals surface area contributed by atoms with E-state index in [1.807, 2.05) is 60.7 Å². The van der Waals surface area contributed by atoms with Crippen LogP contribution in [0.4, 0.5) is 10.8 Å². The Morgan fingerprint density at radius 2 is 1.90 bits per heavy atom. The first kappa shape index (κ1) is 20.7. The number of carbonyl (C=O) groups is 2. The Morgan fingerprint density at radius 3 is 2.61 bits per heavy atom. The molecule has 3 aromatic rings. The first-order valence-corrected chi connectivity index (χ1v) is 10.7. The van der Waals surface area contributed by atoms with Crippen LogP contribution in [0.1, 0.15) is 29.8 Å². The average molecular weight is 435 g/mol. The van der Waals surface area contributed by atoms with Crippen molar-refractivity contribution in [3.8, 4) is 5.75 Å². The maximum atomic E-state index is 12.5. The minimum absolute atomic E-state index is 0.0394. The molecule has 158 valence electrons. The maximum absolute atomic E-state index is 12.5. The summed E-state index contributed by atoms with van der Waals surface area (Å²) in [6.45, 7) is 2.29. The molecule has 8 heteroatoms. The second kappa shape index (κ2) is 9.09. The van der Waals surface area contributed by atoms with Gasteiger partial charge >= 0.3 is 0 Å². The Balaban J connectivity index is 1.41. The topological polar surface area (TPSA) is 84.4 Å². The predicted octanol–water partition coefficient (Wildman–Crippen LogP) is 4.11. The third-order valence-corrected chi connectivity index (χ3v) is 6.06. The normalized spacial score (nSPS) is 16.5. The van der Waals surface area contributed by atoms with Crippen LogP contribution in [0, 0.1) is 0 Å². The van der Waals surface area contributed by atoms with Gasteiger partial charge in [-0.15, -0.1) is 10.2 Å². The third-order valence-electron chi connectivity index (χ3n) is 5.06. The molecular formula is C23H22N4O3S. The number of methoxy groups -OCH3 is 1. The van der Waals surface area contributed by atoms with Crippen LogP contribution in [-0.2, 0) is 9.59 Å². The molecule has 2 amide bonds. The van der Waals surface area contributed by atoms with Crippen molar-refractivity contribution >= 4 is 40.0 Å². The fraction of sp³-hybridized carbons (Fsp3) is 0.217. The molecular weight excluding hydrogens is 412 g/mol. The van der Waals surface area contributed by atoms with Gasteiger partial charge in [-0.05, 0) is 42.8 Å². The lowest BCUT2D eigenvalue weighted by Crippen LogP contribution is -2.24. The highest BCUT2D eigenvalue weighted by Gasteiger charge is 2.34. The van der Waals surface area contributed by atoms with E-state index in [-0.39, 0.29) is 17.7 Å². The molecule has 4 rings (SSSR count). The number of amides is 2. The largest absolute Gasteiger partial charge is 0.497 e. The molecule has 1 N–H and O–H groups in total. The van der Waals surface area contributed by atoms with E-state index in [1.54, 1.807) is 18.9 Å². The monoisotopic (exact) mass is 434 g/mol. The van der Waals surface area contributed by atoms with Crippen LogP contribution < -0.4 is 15.0 Å². The van der Waals surface area contributed by atoms with E-state index in [0.29, 0.717) is 23.7 Å². The van der Waals surface area contributed by atoms with Crippen molar-refractivity contribution in [3.05, 3.63) is 70.7 Å². The number of rotatable bonds is 6. The van der Waals surface area contributed by atoms with Gasteiger partial charge in [0.05, 0.1) is 7.11 Å². The van der Waals surface area contributed by atoms with Gasteiger partial charge in [-0.1, -0.05) is 41.7 Å². The molecule has 0 bridgehead atoms. The molecule has 0 saturated carbocycles. The van der Waals surface area contributed by atoms with Crippen LogP contribution in [-0.4, -0.2) is 35.7 Å². The van der Waals surface area contributed by atoms with Crippen molar-refractivity contribution in [2.45, 2.75) is 19.3 Å². The van der Waals surface area contributed by atoms with E-state index >= 15 is 0 Å². The van der Waals surface area contributed by atoms with E-state index in [0.717, 1.165) is 22.0 Å². The fourth-order valence-corrected chi connectivity index (χ4v) is 4.22. The average Bonchev–Trinajstić information content (AvgIpc) is 3.41. The van der Waals surface area contributed by atoms with Crippen LogP contribution in [0.3, 0.4) is 0 Å². The molecule has 0 aliphatic carbocycles. The summed E-state index contributed by atoms with van der Waals surface area (Å²) in [6.07, 6.45) is 2.18. The summed E-state index contributed by atoms with van der Waals surface area (Å²) in [5.41, 5.74) is 2.36. The molecule has 1 aliphatic heterocycles. The SMILES string of the molecule is COc1ccc(N2CC(c3nnc(NC(=O)/C(C)=C/c4ccccc4)s3)CC2=O)cc1. The highest BCUT2D eigenvalue weighted by Crippen LogP contribution is 2.34. The summed E-state index contributed by atoms with van der Waals surface area (Å²) in [5, 5.41) is 12.3. The van der Waals surface area contributed by atoms with Crippen molar-refractivity contribution in [1.82, 2.24) is 10.2 Å². The zero-order valence-corrected chi connectivity index (χ0v) is 18.1. The van der Waals surface area contributed by atoms with Gasteiger partial charge < -0.3 is 9.64 Å². The van der Waals surface area contributed by atoms with Crippen molar-refractivity contribution in [1.29, 1.82) is 0 Å². The van der Waals surface area contributed by atoms with Crippen LogP contribution in [0.15, 0.2) is 60.2 Å². The lowest BCUT2D eigenvalue weighted by molar-refractivity contribution is -0.117. The van der Waals surface area contributed by atoms with E-state index in [1.165, 1.54) is 11.3 Å². The molecule has 1 aliphatic rings. The minimum atomic E-state index is -0.228. The second-order valence-corrected chi connectivity index (χ2v) is 8.25. The highest BCUT2D eigenvalue weighted by molar-refractivity contribution is 7.15. The van der Waals surface area contributed by atoms with Gasteiger partial charge in [0.25, 0.3) is 5.91 Å². The second-order valence-electron chi connectivity index (χ2n) is 7.24. The molecule has 0 radical (unpaired) electrons. The summed E-state index contributed by atoms with van der Waals surface area (Å²) in [6, 6.07) is 17.0. The molecule has 1 atom stereocenters. The number of anilines is 2. The van der Waals surface area contributed by atoms with E-state index < -0.39 is 0 Å². The van der Waals surface area contributed by atoms with Crippen molar-refractivity contribution < 1.29 is 14.3 Å². The molecule has 1 unspecified atom stereocenters. The smallest absolute Gasteiger partial charge is 0.253 e. The van der Waals surface area contributed by atoms with Gasteiger partial charge in [0.15, 0.2) is 0 Å². The number of benzene rings is 2. The summed E-state index contributed by atoms with van der Waals surface area (Å²) in [7, 11) is 1.61. The van der Waals surface area contributed by atoms with Crippen LogP contribution in [0.25, 0.3) is 6.08 Å². The summed E-state index contributed by atoms with van der Waals surface area (Å²) in [5.74, 6) is 0.498. The summed E-state index contributed by atoms with van der Waals surface area (Å²) in [4.78, 5) is 26.8. The van der Waals surface area contributed by atoms with E-state index in [2.05, 4.69) is 15.5 Å². The number of ether oxygens (including phenoxy) is 1. The van der Waals surface area contributed by atoms with E-state index in [4.69, 9.17) is 4.74 Å². The first-order chi connectivity index (χ1) is 15.0. The zero-order chi connectivity index (χ0) is 21.8. The number of aromatic nitrogens is 2. The zero-order valence-electron chi connectivity index (χ0n) is 17.2. The standard InChI is InChI=1S/C23H22N4O3S/c1-15(12-16-6-4-3-5-7-16)21(29)24-23-26-25-22(31-23)17-13-20(28)27(14-17)18-8-10-19(30-2)11-9-18/h3-12,17H,13-14H2,1-2H3,(H,24,26,29)/b15-12+. The molecule has 0 spiro atoms. The van der Waals surface area contributed by atoms with Gasteiger partial charge in [0.1, 0.15) is 10.8 Å². The third kappa shape index (κ3) is 4.80. The molecule has 1 fully saturated rings. The molecule has 7 nitrogen and oxygen atoms in total. The molecule has 31 heavy (non-hydrogen) atoms. The molecule has 1 aromatic heterocycles. The van der Waals surface area contributed by atoms with Crippen molar-refractivity contribution in [2.24, 2.45) is 0 Å². The maximum Gasteiger partial charge on any atom is 0.253 e. The number of hydrogen-bond acceptors (Lipinski definition) is 6.